The maximum atomic E-state index is 11.7. The summed E-state index contributed by atoms with van der Waals surface area (Å²) in [4.78, 5) is 15.9. The molecule has 0 fully saturated rings. The number of hydrogen-bond acceptors (Lipinski definition) is 3. The second-order valence-electron chi connectivity index (χ2n) is 6.91. The van der Waals surface area contributed by atoms with Crippen molar-refractivity contribution in [2.24, 2.45) is 5.18 Å². The van der Waals surface area contributed by atoms with Gasteiger partial charge in [0, 0.05) is 17.8 Å². The van der Waals surface area contributed by atoms with Gasteiger partial charge in [-0.15, -0.1) is 0 Å². The van der Waals surface area contributed by atoms with E-state index in [-0.39, 0.29) is 5.92 Å². The minimum Gasteiger partial charge on any atom is -0.262 e. The van der Waals surface area contributed by atoms with E-state index in [9.17, 15) is 4.91 Å². The summed E-state index contributed by atoms with van der Waals surface area (Å²) >= 11 is 0. The number of rotatable bonds is 6. The van der Waals surface area contributed by atoms with Crippen molar-refractivity contribution < 1.29 is 0 Å². The summed E-state index contributed by atoms with van der Waals surface area (Å²) in [5, 5.41) is 3.46. The maximum Gasteiger partial charge on any atom is 0.118 e. The van der Waals surface area contributed by atoms with Gasteiger partial charge in [0.2, 0.25) is 0 Å². The van der Waals surface area contributed by atoms with Crippen molar-refractivity contribution in [1.29, 1.82) is 0 Å². The van der Waals surface area contributed by atoms with Crippen LogP contribution in [0.4, 0.5) is 0 Å². The predicted octanol–water partition coefficient (Wildman–Crippen LogP) is 6.04. The maximum absolute atomic E-state index is 11.7. The van der Waals surface area contributed by atoms with E-state index in [0.29, 0.717) is 6.42 Å². The quantitative estimate of drug-likeness (QED) is 0.512. The van der Waals surface area contributed by atoms with Crippen LogP contribution in [0.3, 0.4) is 0 Å². The largest absolute Gasteiger partial charge is 0.262 e. The number of pyridine rings is 1. The SMILES string of the molecule is Cc1ccc(C(CC(N=O)c2ccnc(C)c2)c2ccccc2C)cc1. The summed E-state index contributed by atoms with van der Waals surface area (Å²) in [6, 6.07) is 20.4. The molecule has 0 bridgehead atoms. The van der Waals surface area contributed by atoms with E-state index < -0.39 is 6.04 Å². The van der Waals surface area contributed by atoms with E-state index in [4.69, 9.17) is 0 Å². The summed E-state index contributed by atoms with van der Waals surface area (Å²) in [7, 11) is 0. The fraction of sp³-hybridized carbons (Fsp3) is 0.261. The van der Waals surface area contributed by atoms with Crippen molar-refractivity contribution >= 4 is 0 Å². The van der Waals surface area contributed by atoms with Gasteiger partial charge >= 0.3 is 0 Å². The van der Waals surface area contributed by atoms with Crippen molar-refractivity contribution in [1.82, 2.24) is 4.98 Å². The third kappa shape index (κ3) is 4.05. The lowest BCUT2D eigenvalue weighted by Gasteiger charge is -2.23. The Kier molecular flexibility index (Phi) is 5.57. The van der Waals surface area contributed by atoms with Crippen molar-refractivity contribution in [2.75, 3.05) is 0 Å². The zero-order valence-electron chi connectivity index (χ0n) is 15.5. The van der Waals surface area contributed by atoms with Crippen LogP contribution in [0.2, 0.25) is 0 Å². The highest BCUT2D eigenvalue weighted by atomic mass is 16.3. The van der Waals surface area contributed by atoms with Crippen LogP contribution >= 0.6 is 0 Å². The Bertz CT molecular complexity index is 887. The van der Waals surface area contributed by atoms with Crippen molar-refractivity contribution in [3.8, 4) is 0 Å². The van der Waals surface area contributed by atoms with Gasteiger partial charge in [-0.3, -0.25) is 4.98 Å². The van der Waals surface area contributed by atoms with Gasteiger partial charge in [0.15, 0.2) is 0 Å². The molecule has 0 spiro atoms. The molecular weight excluding hydrogens is 320 g/mol. The van der Waals surface area contributed by atoms with Gasteiger partial charge in [0.05, 0.1) is 0 Å². The third-order valence-corrected chi connectivity index (χ3v) is 4.94. The summed E-state index contributed by atoms with van der Waals surface area (Å²) in [5.41, 5.74) is 6.75. The zero-order valence-corrected chi connectivity index (χ0v) is 15.5. The summed E-state index contributed by atoms with van der Waals surface area (Å²) in [6.45, 7) is 6.14. The Morgan fingerprint density at radius 1 is 0.923 bits per heavy atom. The van der Waals surface area contributed by atoms with Crippen LogP contribution in [-0.4, -0.2) is 4.98 Å². The molecule has 26 heavy (non-hydrogen) atoms. The van der Waals surface area contributed by atoms with Gasteiger partial charge in [-0.05, 0) is 61.6 Å². The van der Waals surface area contributed by atoms with Gasteiger partial charge in [-0.2, -0.15) is 4.91 Å². The number of nitroso groups, excluding NO2 is 1. The van der Waals surface area contributed by atoms with Crippen molar-refractivity contribution in [3.05, 3.63) is 105 Å². The van der Waals surface area contributed by atoms with Crippen LogP contribution in [0, 0.1) is 25.7 Å². The standard InChI is InChI=1S/C23H24N2O/c1-16-8-10-19(11-9-16)22(21-7-5-4-6-17(21)2)15-23(25-26)20-12-13-24-18(3)14-20/h4-14,22-23H,15H2,1-3H3. The predicted molar refractivity (Wildman–Crippen MR) is 106 cm³/mol. The molecule has 1 aromatic heterocycles. The summed E-state index contributed by atoms with van der Waals surface area (Å²) in [6.07, 6.45) is 2.39. The molecule has 3 aromatic rings. The number of aromatic nitrogens is 1. The Hall–Kier alpha value is -2.81. The highest BCUT2D eigenvalue weighted by Crippen LogP contribution is 2.37. The van der Waals surface area contributed by atoms with E-state index in [2.05, 4.69) is 66.5 Å². The van der Waals surface area contributed by atoms with E-state index in [1.165, 1.54) is 22.3 Å². The molecule has 2 aromatic carbocycles. The smallest absolute Gasteiger partial charge is 0.118 e. The number of hydrogen-bond donors (Lipinski definition) is 0. The fourth-order valence-electron chi connectivity index (χ4n) is 3.46. The van der Waals surface area contributed by atoms with Crippen LogP contribution in [0.1, 0.15) is 51.9 Å². The minimum atomic E-state index is -0.400. The summed E-state index contributed by atoms with van der Waals surface area (Å²) in [5.74, 6) is 0.118. The molecule has 0 aliphatic carbocycles. The van der Waals surface area contributed by atoms with Gasteiger partial charge in [-0.1, -0.05) is 59.3 Å². The average molecular weight is 344 g/mol. The van der Waals surface area contributed by atoms with Gasteiger partial charge in [0.1, 0.15) is 6.04 Å². The first kappa shape index (κ1) is 18.0. The lowest BCUT2D eigenvalue weighted by Crippen LogP contribution is -2.09. The third-order valence-electron chi connectivity index (χ3n) is 4.94. The molecule has 132 valence electrons. The highest BCUT2D eigenvalue weighted by molar-refractivity contribution is 5.39. The van der Waals surface area contributed by atoms with E-state index in [0.717, 1.165) is 11.3 Å². The van der Waals surface area contributed by atoms with Crippen LogP contribution in [0.25, 0.3) is 0 Å². The van der Waals surface area contributed by atoms with Crippen LogP contribution in [0.15, 0.2) is 72.0 Å². The molecule has 0 radical (unpaired) electrons. The molecule has 0 amide bonds. The van der Waals surface area contributed by atoms with E-state index >= 15 is 0 Å². The number of nitrogens with zero attached hydrogens (tertiary/aromatic N) is 2. The molecule has 0 saturated heterocycles. The van der Waals surface area contributed by atoms with Crippen LogP contribution in [0.5, 0.6) is 0 Å². The summed E-state index contributed by atoms with van der Waals surface area (Å²) < 4.78 is 0. The van der Waals surface area contributed by atoms with Crippen LogP contribution in [-0.2, 0) is 0 Å². The fourth-order valence-corrected chi connectivity index (χ4v) is 3.46. The zero-order chi connectivity index (χ0) is 18.5. The van der Waals surface area contributed by atoms with E-state index in [1.54, 1.807) is 6.20 Å². The molecule has 0 N–H and O–H groups in total. The average Bonchev–Trinajstić information content (AvgIpc) is 2.65. The topological polar surface area (TPSA) is 42.3 Å². The Morgan fingerprint density at radius 3 is 2.31 bits per heavy atom. The normalized spacial score (nSPS) is 13.2. The van der Waals surface area contributed by atoms with Gasteiger partial charge in [-0.25, -0.2) is 0 Å². The molecule has 2 unspecified atom stereocenters. The van der Waals surface area contributed by atoms with Crippen molar-refractivity contribution in [3.63, 3.8) is 0 Å². The van der Waals surface area contributed by atoms with Gasteiger partial charge in [0.25, 0.3) is 0 Å². The molecule has 3 rings (SSSR count). The molecule has 0 saturated carbocycles. The first-order chi connectivity index (χ1) is 12.6. The monoisotopic (exact) mass is 344 g/mol. The molecule has 0 aliphatic heterocycles. The first-order valence-electron chi connectivity index (χ1n) is 8.95. The highest BCUT2D eigenvalue weighted by Gasteiger charge is 2.23. The molecular formula is C23H24N2O. The first-order valence-corrected chi connectivity index (χ1v) is 8.95. The Morgan fingerprint density at radius 2 is 1.65 bits per heavy atom. The molecule has 0 aliphatic rings. The van der Waals surface area contributed by atoms with Crippen molar-refractivity contribution in [2.45, 2.75) is 39.2 Å². The lowest BCUT2D eigenvalue weighted by molar-refractivity contribution is 0.591. The number of benzene rings is 2. The molecule has 2 atom stereocenters. The minimum absolute atomic E-state index is 0.118. The molecule has 1 heterocycles. The molecule has 3 heteroatoms. The number of aryl methyl sites for hydroxylation is 3. The second kappa shape index (κ2) is 8.05. The van der Waals surface area contributed by atoms with Crippen LogP contribution < -0.4 is 0 Å². The van der Waals surface area contributed by atoms with E-state index in [1.807, 2.05) is 25.1 Å². The lowest BCUT2D eigenvalue weighted by atomic mass is 9.82. The Balaban J connectivity index is 2.01. The Labute approximate surface area is 155 Å². The second-order valence-corrected chi connectivity index (χ2v) is 6.91. The van der Waals surface area contributed by atoms with Gasteiger partial charge < -0.3 is 0 Å². The molecule has 3 nitrogen and oxygen atoms in total.